The van der Waals surface area contributed by atoms with Crippen molar-refractivity contribution in [2.24, 2.45) is 0 Å². The maximum absolute atomic E-state index is 3.27. The van der Waals surface area contributed by atoms with Crippen molar-refractivity contribution in [3.05, 3.63) is 95.6 Å². The average molecular weight is 296 g/mol. The molecule has 0 bridgehead atoms. The van der Waals surface area contributed by atoms with Gasteiger partial charge >= 0.3 is 0 Å². The Labute approximate surface area is 138 Å². The third-order valence-electron chi connectivity index (χ3n) is 3.81. The van der Waals surface area contributed by atoms with Crippen molar-refractivity contribution in [2.45, 2.75) is 19.8 Å². The number of hydrogen-bond acceptors (Lipinski definition) is 0. The van der Waals surface area contributed by atoms with E-state index in [1.54, 1.807) is 0 Å². The van der Waals surface area contributed by atoms with Gasteiger partial charge in [0.15, 0.2) is 0 Å². The van der Waals surface area contributed by atoms with Crippen molar-refractivity contribution >= 4 is 0 Å². The molecule has 0 amide bonds. The Morgan fingerprint density at radius 2 is 1.35 bits per heavy atom. The summed E-state index contributed by atoms with van der Waals surface area (Å²) in [5.74, 6) is 6.53. The summed E-state index contributed by atoms with van der Waals surface area (Å²) < 4.78 is 0. The van der Waals surface area contributed by atoms with Crippen molar-refractivity contribution in [1.82, 2.24) is 0 Å². The van der Waals surface area contributed by atoms with Gasteiger partial charge in [0.2, 0.25) is 0 Å². The number of hydrogen-bond donors (Lipinski definition) is 0. The summed E-state index contributed by atoms with van der Waals surface area (Å²) in [4.78, 5) is 0. The Bertz CT molecular complexity index is 815. The fourth-order valence-corrected chi connectivity index (χ4v) is 2.59. The molecule has 3 rings (SSSR count). The summed E-state index contributed by atoms with van der Waals surface area (Å²) in [5.41, 5.74) is 5.92. The molecule has 3 aromatic carbocycles. The lowest BCUT2D eigenvalue weighted by Gasteiger charge is -2.01. The predicted octanol–water partition coefficient (Wildman–Crippen LogP) is 5.71. The lowest BCUT2D eigenvalue weighted by atomic mass is 10.0. The van der Waals surface area contributed by atoms with Gasteiger partial charge in [0.05, 0.1) is 0 Å². The van der Waals surface area contributed by atoms with Crippen molar-refractivity contribution < 1.29 is 0 Å². The summed E-state index contributed by atoms with van der Waals surface area (Å²) in [6, 6.07) is 27.4. The van der Waals surface area contributed by atoms with E-state index in [1.165, 1.54) is 23.1 Å². The molecular weight excluding hydrogens is 276 g/mol. The fraction of sp³-hybridized carbons (Fsp3) is 0.130. The molecule has 0 N–H and O–H groups in total. The third kappa shape index (κ3) is 4.11. The molecule has 0 aliphatic heterocycles. The van der Waals surface area contributed by atoms with E-state index in [0.29, 0.717) is 0 Å². The van der Waals surface area contributed by atoms with Crippen LogP contribution in [0.3, 0.4) is 0 Å². The van der Waals surface area contributed by atoms with E-state index in [4.69, 9.17) is 0 Å². The largest absolute Gasteiger partial charge is 0.0651 e. The molecule has 0 radical (unpaired) electrons. The molecule has 0 saturated heterocycles. The van der Waals surface area contributed by atoms with Crippen molar-refractivity contribution in [2.75, 3.05) is 0 Å². The zero-order valence-electron chi connectivity index (χ0n) is 13.4. The summed E-state index contributed by atoms with van der Waals surface area (Å²) in [7, 11) is 0. The molecule has 3 aromatic rings. The van der Waals surface area contributed by atoms with E-state index in [0.717, 1.165) is 17.5 Å². The number of benzene rings is 3. The van der Waals surface area contributed by atoms with E-state index >= 15 is 0 Å². The summed E-state index contributed by atoms with van der Waals surface area (Å²) in [5, 5.41) is 0. The number of aryl methyl sites for hydroxylation is 1. The SMILES string of the molecule is CCCc1ccc(C#Cc2cccc(-c3ccccc3)c2)cc1. The first-order valence-corrected chi connectivity index (χ1v) is 8.11. The minimum absolute atomic E-state index is 1.05. The Morgan fingerprint density at radius 3 is 2.09 bits per heavy atom. The lowest BCUT2D eigenvalue weighted by molar-refractivity contribution is 0.922. The van der Waals surface area contributed by atoms with E-state index in [2.05, 4.69) is 91.6 Å². The van der Waals surface area contributed by atoms with Crippen LogP contribution < -0.4 is 0 Å². The van der Waals surface area contributed by atoms with Crippen LogP contribution >= 0.6 is 0 Å². The highest BCUT2D eigenvalue weighted by Crippen LogP contribution is 2.19. The van der Waals surface area contributed by atoms with Crippen LogP contribution in [0.2, 0.25) is 0 Å². The zero-order valence-corrected chi connectivity index (χ0v) is 13.4. The second-order valence-corrected chi connectivity index (χ2v) is 5.64. The molecular formula is C23H20. The summed E-state index contributed by atoms with van der Waals surface area (Å²) in [6.07, 6.45) is 2.31. The van der Waals surface area contributed by atoms with Gasteiger partial charge < -0.3 is 0 Å². The Morgan fingerprint density at radius 1 is 0.652 bits per heavy atom. The van der Waals surface area contributed by atoms with Crippen molar-refractivity contribution in [3.8, 4) is 23.0 Å². The molecule has 0 unspecified atom stereocenters. The Balaban J connectivity index is 1.81. The highest BCUT2D eigenvalue weighted by molar-refractivity contribution is 5.65. The van der Waals surface area contributed by atoms with E-state index in [1.807, 2.05) is 6.07 Å². The molecule has 23 heavy (non-hydrogen) atoms. The molecule has 0 saturated carbocycles. The fourth-order valence-electron chi connectivity index (χ4n) is 2.59. The van der Waals surface area contributed by atoms with E-state index in [-0.39, 0.29) is 0 Å². The molecule has 0 aliphatic carbocycles. The smallest absolute Gasteiger partial charge is 0.0255 e. The van der Waals surface area contributed by atoms with Crippen LogP contribution in [0.15, 0.2) is 78.9 Å². The van der Waals surface area contributed by atoms with Crippen LogP contribution in [0.25, 0.3) is 11.1 Å². The quantitative estimate of drug-likeness (QED) is 0.543. The van der Waals surface area contributed by atoms with Crippen LogP contribution in [0, 0.1) is 11.8 Å². The van der Waals surface area contributed by atoms with Gasteiger partial charge in [-0.2, -0.15) is 0 Å². The standard InChI is InChI=1S/C23H20/c1-2-7-19-12-14-20(15-13-19)16-17-21-8-6-11-23(18-21)22-9-4-3-5-10-22/h3-6,8-15,18H,2,7H2,1H3. The van der Waals surface area contributed by atoms with Gasteiger partial charge in [-0.1, -0.05) is 79.8 Å². The van der Waals surface area contributed by atoms with Gasteiger partial charge in [-0.15, -0.1) is 0 Å². The first kappa shape index (κ1) is 15.1. The maximum Gasteiger partial charge on any atom is 0.0255 e. The molecule has 0 heterocycles. The molecule has 112 valence electrons. The molecule has 0 heteroatoms. The first-order valence-electron chi connectivity index (χ1n) is 8.11. The van der Waals surface area contributed by atoms with Crippen molar-refractivity contribution in [1.29, 1.82) is 0 Å². The predicted molar refractivity (Wildman–Crippen MR) is 98.3 cm³/mol. The highest BCUT2D eigenvalue weighted by atomic mass is 14.0. The second kappa shape index (κ2) is 7.47. The average Bonchev–Trinajstić information content (AvgIpc) is 2.62. The van der Waals surface area contributed by atoms with Crippen LogP contribution in [0.4, 0.5) is 0 Å². The third-order valence-corrected chi connectivity index (χ3v) is 3.81. The minimum Gasteiger partial charge on any atom is -0.0651 e. The van der Waals surface area contributed by atoms with Crippen molar-refractivity contribution in [3.63, 3.8) is 0 Å². The zero-order chi connectivity index (χ0) is 15.9. The minimum atomic E-state index is 1.05. The van der Waals surface area contributed by atoms with Gasteiger partial charge in [-0.25, -0.2) is 0 Å². The highest BCUT2D eigenvalue weighted by Gasteiger charge is 1.97. The maximum atomic E-state index is 3.27. The Kier molecular flexibility index (Phi) is 4.92. The lowest BCUT2D eigenvalue weighted by Crippen LogP contribution is -1.83. The van der Waals surface area contributed by atoms with Crippen LogP contribution in [-0.4, -0.2) is 0 Å². The Hall–Kier alpha value is -2.78. The molecule has 0 fully saturated rings. The van der Waals surface area contributed by atoms with E-state index < -0.39 is 0 Å². The molecule has 0 atom stereocenters. The monoisotopic (exact) mass is 296 g/mol. The molecule has 0 aliphatic rings. The summed E-state index contributed by atoms with van der Waals surface area (Å²) in [6.45, 7) is 2.20. The topological polar surface area (TPSA) is 0 Å². The van der Waals surface area contributed by atoms with Gasteiger partial charge in [-0.3, -0.25) is 0 Å². The van der Waals surface area contributed by atoms with Crippen LogP contribution in [-0.2, 0) is 6.42 Å². The van der Waals surface area contributed by atoms with Gasteiger partial charge in [-0.05, 0) is 47.4 Å². The van der Waals surface area contributed by atoms with Gasteiger partial charge in [0.25, 0.3) is 0 Å². The molecule has 0 aromatic heterocycles. The normalized spacial score (nSPS) is 9.96. The van der Waals surface area contributed by atoms with Gasteiger partial charge in [0, 0.05) is 11.1 Å². The second-order valence-electron chi connectivity index (χ2n) is 5.64. The number of rotatable bonds is 3. The summed E-state index contributed by atoms with van der Waals surface area (Å²) >= 11 is 0. The van der Waals surface area contributed by atoms with Crippen LogP contribution in [0.1, 0.15) is 30.0 Å². The molecule has 0 nitrogen and oxygen atoms in total. The van der Waals surface area contributed by atoms with E-state index in [9.17, 15) is 0 Å². The van der Waals surface area contributed by atoms with Gasteiger partial charge in [0.1, 0.15) is 0 Å². The first-order chi connectivity index (χ1) is 11.3. The molecule has 0 spiro atoms. The van der Waals surface area contributed by atoms with Crippen LogP contribution in [0.5, 0.6) is 0 Å².